The predicted octanol–water partition coefficient (Wildman–Crippen LogP) is 0.992. The summed E-state index contributed by atoms with van der Waals surface area (Å²) < 4.78 is 7.29. The molecule has 0 saturated carbocycles. The number of hydrogen-bond acceptors (Lipinski definition) is 3. The zero-order valence-corrected chi connectivity index (χ0v) is 8.92. The van der Waals surface area contributed by atoms with Crippen LogP contribution < -0.4 is 11.3 Å². The van der Waals surface area contributed by atoms with Crippen LogP contribution in [0.2, 0.25) is 0 Å². The minimum absolute atomic E-state index is 0.319. The molecule has 2 rings (SSSR count). The molecule has 1 amide bonds. The van der Waals surface area contributed by atoms with Gasteiger partial charge in [-0.2, -0.15) is 0 Å². The number of nitrogens with one attached hydrogen (secondary N) is 1. The van der Waals surface area contributed by atoms with Crippen molar-refractivity contribution >= 4 is 17.0 Å². The number of hydrogen-bond donors (Lipinski definition) is 2. The number of rotatable bonds is 1. The molecule has 80 valence electrons. The molecule has 0 spiro atoms. The number of aryl methyl sites for hydroxylation is 3. The number of nitrogens with zero attached hydrogens (tertiary/aromatic N) is 1. The molecule has 0 atom stereocenters. The second kappa shape index (κ2) is 3.13. The van der Waals surface area contributed by atoms with Crippen LogP contribution in [0.15, 0.2) is 10.5 Å². The predicted molar refractivity (Wildman–Crippen MR) is 56.3 cm³/mol. The van der Waals surface area contributed by atoms with Crippen LogP contribution in [0.3, 0.4) is 0 Å². The fourth-order valence-electron chi connectivity index (χ4n) is 1.79. The number of nitrogen functional groups attached to an aromatic ring is 1. The lowest BCUT2D eigenvalue weighted by Gasteiger charge is -2.02. The Morgan fingerprint density at radius 3 is 2.73 bits per heavy atom. The Labute approximate surface area is 86.8 Å². The highest BCUT2D eigenvalue weighted by molar-refractivity contribution is 5.97. The molecule has 0 bridgehead atoms. The van der Waals surface area contributed by atoms with Gasteiger partial charge in [-0.3, -0.25) is 10.2 Å². The number of amides is 1. The molecule has 0 unspecified atom stereocenters. The number of fused-ring (bicyclic) bond motifs is 1. The maximum Gasteiger partial charge on any atom is 0.281 e. The number of carbonyl (C=O) groups is 1. The SMILES string of the molecule is Cc1oc2cc(C(=O)NN)n(C)c2c1C. The van der Waals surface area contributed by atoms with Gasteiger partial charge in [-0.25, -0.2) is 5.84 Å². The average molecular weight is 207 g/mol. The standard InChI is InChI=1S/C10H13N3O2/c1-5-6(2)15-8-4-7(10(14)12-11)13(3)9(5)8/h4H,11H2,1-3H3,(H,12,14). The summed E-state index contributed by atoms with van der Waals surface area (Å²) in [6, 6.07) is 1.69. The van der Waals surface area contributed by atoms with E-state index in [1.165, 1.54) is 0 Å². The largest absolute Gasteiger partial charge is 0.459 e. The molecule has 5 nitrogen and oxygen atoms in total. The zero-order chi connectivity index (χ0) is 11.2. The molecule has 0 aliphatic rings. The first kappa shape index (κ1) is 9.79. The van der Waals surface area contributed by atoms with Gasteiger partial charge in [0, 0.05) is 18.7 Å². The normalized spacial score (nSPS) is 10.9. The average Bonchev–Trinajstić information content (AvgIpc) is 2.66. The molecular formula is C10H13N3O2. The van der Waals surface area contributed by atoms with Crippen molar-refractivity contribution in [2.75, 3.05) is 0 Å². The third-order valence-corrected chi connectivity index (χ3v) is 2.71. The van der Waals surface area contributed by atoms with Crippen LogP contribution >= 0.6 is 0 Å². The molecule has 5 heteroatoms. The lowest BCUT2D eigenvalue weighted by Crippen LogP contribution is -2.31. The maximum atomic E-state index is 11.4. The number of hydrazine groups is 1. The molecular weight excluding hydrogens is 194 g/mol. The Bertz CT molecular complexity index is 536. The van der Waals surface area contributed by atoms with E-state index in [2.05, 4.69) is 5.43 Å². The minimum Gasteiger partial charge on any atom is -0.459 e. The first-order valence-electron chi connectivity index (χ1n) is 4.62. The Morgan fingerprint density at radius 1 is 1.53 bits per heavy atom. The van der Waals surface area contributed by atoms with Gasteiger partial charge in [-0.15, -0.1) is 0 Å². The zero-order valence-electron chi connectivity index (χ0n) is 8.92. The Hall–Kier alpha value is -1.75. The van der Waals surface area contributed by atoms with E-state index in [4.69, 9.17) is 10.3 Å². The molecule has 0 radical (unpaired) electrons. The van der Waals surface area contributed by atoms with E-state index in [1.54, 1.807) is 10.6 Å². The smallest absolute Gasteiger partial charge is 0.281 e. The number of aromatic nitrogens is 1. The number of carbonyl (C=O) groups excluding carboxylic acids is 1. The molecule has 2 aromatic rings. The minimum atomic E-state index is -0.319. The first-order valence-corrected chi connectivity index (χ1v) is 4.62. The highest BCUT2D eigenvalue weighted by Crippen LogP contribution is 2.27. The van der Waals surface area contributed by atoms with E-state index < -0.39 is 0 Å². The van der Waals surface area contributed by atoms with E-state index >= 15 is 0 Å². The third-order valence-electron chi connectivity index (χ3n) is 2.71. The van der Waals surface area contributed by atoms with Crippen LogP contribution in [0.25, 0.3) is 11.1 Å². The molecule has 2 heterocycles. The van der Waals surface area contributed by atoms with E-state index in [1.807, 2.05) is 20.9 Å². The van der Waals surface area contributed by atoms with E-state index in [0.29, 0.717) is 11.3 Å². The van der Waals surface area contributed by atoms with Gasteiger partial charge in [0.05, 0.1) is 5.52 Å². The lowest BCUT2D eigenvalue weighted by atomic mass is 10.3. The molecule has 0 aliphatic heterocycles. The van der Waals surface area contributed by atoms with Crippen molar-refractivity contribution < 1.29 is 9.21 Å². The molecule has 0 aromatic carbocycles. The summed E-state index contributed by atoms with van der Waals surface area (Å²) in [5.74, 6) is 5.64. The van der Waals surface area contributed by atoms with Crippen molar-refractivity contribution in [2.24, 2.45) is 12.9 Å². The summed E-state index contributed by atoms with van der Waals surface area (Å²) in [6.45, 7) is 3.86. The number of furan rings is 1. The summed E-state index contributed by atoms with van der Waals surface area (Å²) in [5.41, 5.74) is 5.30. The first-order chi connectivity index (χ1) is 7.06. The van der Waals surface area contributed by atoms with Crippen molar-refractivity contribution in [3.8, 4) is 0 Å². The highest BCUT2D eigenvalue weighted by atomic mass is 16.3. The van der Waals surface area contributed by atoms with Gasteiger partial charge < -0.3 is 8.98 Å². The maximum absolute atomic E-state index is 11.4. The van der Waals surface area contributed by atoms with Gasteiger partial charge in [0.2, 0.25) is 0 Å². The van der Waals surface area contributed by atoms with Crippen molar-refractivity contribution in [1.82, 2.24) is 9.99 Å². The summed E-state index contributed by atoms with van der Waals surface area (Å²) in [6.07, 6.45) is 0. The van der Waals surface area contributed by atoms with Crippen LogP contribution in [-0.2, 0) is 7.05 Å². The molecule has 3 N–H and O–H groups in total. The Kier molecular flexibility index (Phi) is 2.04. The van der Waals surface area contributed by atoms with Crippen LogP contribution in [0, 0.1) is 13.8 Å². The summed E-state index contributed by atoms with van der Waals surface area (Å²) in [7, 11) is 1.81. The lowest BCUT2D eigenvalue weighted by molar-refractivity contribution is 0.0946. The van der Waals surface area contributed by atoms with Crippen molar-refractivity contribution in [1.29, 1.82) is 0 Å². The molecule has 15 heavy (non-hydrogen) atoms. The van der Waals surface area contributed by atoms with Crippen LogP contribution in [0.1, 0.15) is 21.8 Å². The van der Waals surface area contributed by atoms with Gasteiger partial charge in [-0.1, -0.05) is 0 Å². The Morgan fingerprint density at radius 2 is 2.20 bits per heavy atom. The Balaban J connectivity index is 2.72. The molecule has 0 aliphatic carbocycles. The van der Waals surface area contributed by atoms with E-state index in [0.717, 1.165) is 16.8 Å². The molecule has 0 fully saturated rings. The van der Waals surface area contributed by atoms with Gasteiger partial charge in [-0.05, 0) is 13.8 Å². The van der Waals surface area contributed by atoms with Gasteiger partial charge in [0.1, 0.15) is 11.5 Å². The fraction of sp³-hybridized carbons (Fsp3) is 0.300. The molecule has 0 saturated heterocycles. The van der Waals surface area contributed by atoms with Crippen LogP contribution in [-0.4, -0.2) is 10.5 Å². The van der Waals surface area contributed by atoms with Gasteiger partial charge in [0.25, 0.3) is 5.91 Å². The highest BCUT2D eigenvalue weighted by Gasteiger charge is 2.17. The number of nitrogens with two attached hydrogens (primary N) is 1. The second-order valence-corrected chi connectivity index (χ2v) is 3.56. The third kappa shape index (κ3) is 1.24. The second-order valence-electron chi connectivity index (χ2n) is 3.56. The van der Waals surface area contributed by atoms with Gasteiger partial charge in [0.15, 0.2) is 5.58 Å². The fourth-order valence-corrected chi connectivity index (χ4v) is 1.79. The van der Waals surface area contributed by atoms with E-state index in [9.17, 15) is 4.79 Å². The van der Waals surface area contributed by atoms with Crippen molar-refractivity contribution in [3.63, 3.8) is 0 Å². The van der Waals surface area contributed by atoms with Crippen molar-refractivity contribution in [2.45, 2.75) is 13.8 Å². The quantitative estimate of drug-likeness (QED) is 0.416. The summed E-state index contributed by atoms with van der Waals surface area (Å²) in [5, 5.41) is 0. The van der Waals surface area contributed by atoms with E-state index in [-0.39, 0.29) is 5.91 Å². The van der Waals surface area contributed by atoms with Gasteiger partial charge >= 0.3 is 0 Å². The summed E-state index contributed by atoms with van der Waals surface area (Å²) in [4.78, 5) is 11.4. The topological polar surface area (TPSA) is 73.2 Å². The van der Waals surface area contributed by atoms with Crippen LogP contribution in [0.5, 0.6) is 0 Å². The van der Waals surface area contributed by atoms with Crippen LogP contribution in [0.4, 0.5) is 0 Å². The molecule has 2 aromatic heterocycles. The monoisotopic (exact) mass is 207 g/mol. The van der Waals surface area contributed by atoms with Crippen molar-refractivity contribution in [3.05, 3.63) is 23.1 Å². The summed E-state index contributed by atoms with van der Waals surface area (Å²) >= 11 is 0.